The Kier molecular flexibility index (Phi) is 24.0. The van der Waals surface area contributed by atoms with Crippen molar-refractivity contribution >= 4 is 69.6 Å². The van der Waals surface area contributed by atoms with Crippen LogP contribution >= 0.6 is 34.5 Å². The van der Waals surface area contributed by atoms with Crippen molar-refractivity contribution in [1.29, 1.82) is 5.26 Å². The van der Waals surface area contributed by atoms with Gasteiger partial charge in [-0.2, -0.15) is 5.26 Å². The number of aliphatic hydroxyl groups is 1. The van der Waals surface area contributed by atoms with E-state index in [1.165, 1.54) is 54.5 Å². The highest BCUT2D eigenvalue weighted by atomic mass is 35.5. The minimum absolute atomic E-state index is 0.0489. The van der Waals surface area contributed by atoms with Gasteiger partial charge >= 0.3 is 0 Å². The highest BCUT2D eigenvalue weighted by Crippen LogP contribution is 2.53. The number of anilines is 1. The first-order valence-corrected chi connectivity index (χ1v) is 30.4. The molecule has 2 aliphatic rings. The van der Waals surface area contributed by atoms with E-state index < -0.39 is 87.7 Å². The molecule has 0 saturated carbocycles. The second-order valence-electron chi connectivity index (χ2n) is 24.0. The topological polar surface area (TPSA) is 240 Å². The number of ketones is 1. The van der Waals surface area contributed by atoms with Crippen molar-refractivity contribution in [2.75, 3.05) is 71.8 Å². The van der Waals surface area contributed by atoms with Crippen LogP contribution in [0.5, 0.6) is 5.75 Å². The quantitative estimate of drug-likeness (QED) is 0.0232. The van der Waals surface area contributed by atoms with Crippen molar-refractivity contribution in [1.82, 2.24) is 25.8 Å². The SMILES string of the molecule is COc1cc(C(=O)CCCOCCOCCOCCOCC(=O)N[C@H](C(=O)N2C[C@H](O)C[C@H]2C(=O)NCc2ccc(-c3scnc3C)cc2)C(C)(C)C)ccc1NC(=O)[C@H]1N[C@H](CC(C)(C)C)[C@@](C#N)(c2ccc(Cl)cc2F)[C@@H]1c1cccc(Cl)c1F. The minimum atomic E-state index is -1.83. The lowest BCUT2D eigenvalue weighted by Crippen LogP contribution is -2.58. The van der Waals surface area contributed by atoms with Gasteiger partial charge in [-0.05, 0) is 83.7 Å². The van der Waals surface area contributed by atoms with Gasteiger partial charge in [-0.3, -0.25) is 24.0 Å². The Labute approximate surface area is 520 Å². The summed E-state index contributed by atoms with van der Waals surface area (Å²) < 4.78 is 60.3. The van der Waals surface area contributed by atoms with Crippen LogP contribution in [0.3, 0.4) is 0 Å². The van der Waals surface area contributed by atoms with Gasteiger partial charge in [0.05, 0.1) is 91.8 Å². The van der Waals surface area contributed by atoms with Gasteiger partial charge in [0.2, 0.25) is 23.6 Å². The van der Waals surface area contributed by atoms with E-state index in [-0.39, 0.29) is 124 Å². The third kappa shape index (κ3) is 17.5. The van der Waals surface area contributed by atoms with Crippen molar-refractivity contribution in [3.8, 4) is 22.3 Å². The van der Waals surface area contributed by atoms with Crippen LogP contribution in [0, 0.1) is 40.7 Å². The first kappa shape index (κ1) is 68.0. The summed E-state index contributed by atoms with van der Waals surface area (Å²) >= 11 is 14.0. The number of nitriles is 1. The highest BCUT2D eigenvalue weighted by Gasteiger charge is 2.61. The van der Waals surface area contributed by atoms with Gasteiger partial charge in [-0.25, -0.2) is 13.8 Å². The van der Waals surface area contributed by atoms with E-state index in [2.05, 4.69) is 32.3 Å². The number of halogens is 4. The molecule has 5 aromatic rings. The third-order valence-corrected chi connectivity index (χ3v) is 16.8. The molecule has 0 bridgehead atoms. The summed E-state index contributed by atoms with van der Waals surface area (Å²) in [6.07, 6.45) is -0.00511. The lowest BCUT2D eigenvalue weighted by molar-refractivity contribution is -0.144. The largest absolute Gasteiger partial charge is 0.495 e. The molecule has 4 amide bonds. The molecule has 2 saturated heterocycles. The van der Waals surface area contributed by atoms with Gasteiger partial charge in [-0.15, -0.1) is 11.3 Å². The normalized spacial score (nSPS) is 19.8. The van der Waals surface area contributed by atoms with E-state index in [1.807, 2.05) is 52.0 Å². The van der Waals surface area contributed by atoms with Gasteiger partial charge in [0.25, 0.3) is 0 Å². The standard InChI is InChI=1S/C64H77Cl2F2N7O11S/c1-38-57(87-37-71-38)40-16-14-39(15-17-40)33-70-59(79)49-31-43(76)34-75(49)61(81)58(63(5,6)7)74-53(78)35-86-28-27-85-26-25-84-24-23-83-22-10-13-50(77)41-18-21-48(51(29-41)82-8)72-60(80)56-54(44-11-9-12-46(66)55(44)68)64(36-69,52(73-56)32-62(2,3)4)45-20-19-42(65)30-47(45)67/h9,11-12,14-21,29-30,37,43,49,52,54,56,58,73,76H,10,13,22-28,31-35H2,1-8H3,(H,70,79)(H,72,80)(H,74,78)/t43-,49+,52-,54-,56+,58-,64-/m1/s1. The Morgan fingerprint density at radius 3 is 2.20 bits per heavy atom. The summed E-state index contributed by atoms with van der Waals surface area (Å²) in [7, 11) is 1.38. The predicted molar refractivity (Wildman–Crippen MR) is 328 cm³/mol. The maximum Gasteiger partial charge on any atom is 0.246 e. The Hall–Kier alpha value is -6.45. The molecule has 468 valence electrons. The monoisotopic (exact) mass is 1260 g/mol. The zero-order valence-electron chi connectivity index (χ0n) is 50.2. The average molecular weight is 1260 g/mol. The summed E-state index contributed by atoms with van der Waals surface area (Å²) in [6, 6.07) is 18.9. The fourth-order valence-electron chi connectivity index (χ4n) is 11.0. The number of β-amino-alcohol motifs (C(OH)–C–C–N with tert-alkyl or cyclic N) is 1. The van der Waals surface area contributed by atoms with Crippen LogP contribution < -0.4 is 26.0 Å². The molecule has 2 aliphatic heterocycles. The summed E-state index contributed by atoms with van der Waals surface area (Å²) in [5.41, 5.74) is 2.05. The zero-order chi connectivity index (χ0) is 63.2. The number of nitrogens with zero attached hydrogens (tertiary/aromatic N) is 3. The fraction of sp³-hybridized carbons (Fsp3) is 0.484. The number of methoxy groups -OCH3 is 1. The lowest BCUT2D eigenvalue weighted by atomic mass is 9.62. The van der Waals surface area contributed by atoms with E-state index in [0.717, 1.165) is 27.8 Å². The first-order valence-electron chi connectivity index (χ1n) is 28.8. The van der Waals surface area contributed by atoms with Crippen LogP contribution in [0.4, 0.5) is 14.5 Å². The molecule has 3 heterocycles. The van der Waals surface area contributed by atoms with Crippen molar-refractivity contribution in [2.45, 2.75) is 122 Å². The molecule has 23 heteroatoms. The number of benzene rings is 4. The number of hydrogen-bond donors (Lipinski definition) is 5. The van der Waals surface area contributed by atoms with Crippen molar-refractivity contribution in [3.63, 3.8) is 0 Å². The maximum atomic E-state index is 16.2. The zero-order valence-corrected chi connectivity index (χ0v) is 52.6. The molecule has 0 unspecified atom stereocenters. The summed E-state index contributed by atoms with van der Waals surface area (Å²) in [5, 5.41) is 33.5. The molecule has 7 rings (SSSR count). The number of nitrogens with one attached hydrogen (secondary N) is 4. The van der Waals surface area contributed by atoms with E-state index in [9.17, 15) is 34.3 Å². The van der Waals surface area contributed by atoms with Crippen LogP contribution in [0.25, 0.3) is 10.4 Å². The van der Waals surface area contributed by atoms with Crippen LogP contribution in [0.15, 0.2) is 84.4 Å². The first-order chi connectivity index (χ1) is 41.4. The molecule has 0 spiro atoms. The number of thiazole rings is 1. The number of amides is 4. The molecular weight excluding hydrogens is 1180 g/mol. The van der Waals surface area contributed by atoms with E-state index in [1.54, 1.807) is 43.7 Å². The molecule has 4 aromatic carbocycles. The highest BCUT2D eigenvalue weighted by molar-refractivity contribution is 7.13. The van der Waals surface area contributed by atoms with Crippen molar-refractivity contribution < 1.29 is 61.5 Å². The van der Waals surface area contributed by atoms with E-state index >= 15 is 8.78 Å². The Morgan fingerprint density at radius 1 is 0.897 bits per heavy atom. The fourth-order valence-corrected chi connectivity index (χ4v) is 12.2. The maximum absolute atomic E-state index is 16.2. The van der Waals surface area contributed by atoms with Gasteiger partial charge in [0.1, 0.15) is 41.5 Å². The van der Waals surface area contributed by atoms with E-state index in [4.69, 9.17) is 46.9 Å². The lowest BCUT2D eigenvalue weighted by Gasteiger charge is -2.37. The summed E-state index contributed by atoms with van der Waals surface area (Å²) in [6.45, 7) is 14.6. The number of aryl methyl sites for hydroxylation is 1. The van der Waals surface area contributed by atoms with Gasteiger partial charge in [0, 0.05) is 60.6 Å². The number of ether oxygens (including phenoxy) is 5. The molecule has 18 nitrogen and oxygen atoms in total. The molecule has 1 aromatic heterocycles. The molecular formula is C64H77Cl2F2N7O11S. The summed E-state index contributed by atoms with van der Waals surface area (Å²) in [5.74, 6) is -5.02. The average Bonchev–Trinajstić information content (AvgIpc) is 1.60. The van der Waals surface area contributed by atoms with Crippen molar-refractivity contribution in [3.05, 3.63) is 134 Å². The Bertz CT molecular complexity index is 3260. The van der Waals surface area contributed by atoms with Crippen LogP contribution in [0.1, 0.15) is 106 Å². The summed E-state index contributed by atoms with van der Waals surface area (Å²) in [4.78, 5) is 75.1. The molecule has 0 aliphatic carbocycles. The Morgan fingerprint density at radius 2 is 1.57 bits per heavy atom. The smallest absolute Gasteiger partial charge is 0.246 e. The van der Waals surface area contributed by atoms with E-state index in [0.29, 0.717) is 12.0 Å². The van der Waals surface area contributed by atoms with Gasteiger partial charge in [0.15, 0.2) is 5.78 Å². The predicted octanol–water partition coefficient (Wildman–Crippen LogP) is 9.51. The second-order valence-corrected chi connectivity index (χ2v) is 25.7. The van der Waals surface area contributed by atoms with Gasteiger partial charge < -0.3 is 55.0 Å². The van der Waals surface area contributed by atoms with Crippen molar-refractivity contribution in [2.24, 2.45) is 10.8 Å². The number of aliphatic hydroxyl groups excluding tert-OH is 1. The number of Topliss-reactive ketones (excluding diaryl/α,β-unsaturated/α-hetero) is 1. The van der Waals surface area contributed by atoms with Crippen LogP contribution in [-0.4, -0.2) is 141 Å². The minimum Gasteiger partial charge on any atom is -0.495 e. The molecule has 2 fully saturated rings. The second kappa shape index (κ2) is 30.6. The number of hydrogen-bond acceptors (Lipinski definition) is 15. The third-order valence-electron chi connectivity index (χ3n) is 15.3. The molecule has 0 radical (unpaired) electrons. The molecule has 7 atom stereocenters. The van der Waals surface area contributed by atoms with Crippen LogP contribution in [-0.2, 0) is 50.1 Å². The van der Waals surface area contributed by atoms with Gasteiger partial charge in [-0.1, -0.05) is 107 Å². The molecule has 87 heavy (non-hydrogen) atoms. The molecule has 5 N–H and O–H groups in total. The number of rotatable bonds is 28. The van der Waals surface area contributed by atoms with Crippen LogP contribution in [0.2, 0.25) is 10.0 Å². The number of aromatic nitrogens is 1. The number of likely N-dealkylation sites (tertiary alicyclic amines) is 1. The number of carbonyl (C=O) groups is 5. The Balaban J connectivity index is 0.795. The number of carbonyl (C=O) groups excluding carboxylic acids is 5.